The molecule has 5 nitrogen and oxygen atoms in total. The van der Waals surface area contributed by atoms with E-state index in [0.717, 1.165) is 16.9 Å². The van der Waals surface area contributed by atoms with E-state index >= 15 is 0 Å². The molecule has 1 aliphatic heterocycles. The number of anilines is 1. The van der Waals surface area contributed by atoms with Gasteiger partial charge in [-0.2, -0.15) is 0 Å². The van der Waals surface area contributed by atoms with Crippen molar-refractivity contribution in [2.75, 3.05) is 12.4 Å². The third-order valence-electron chi connectivity index (χ3n) is 4.72. The number of para-hydroxylation sites is 1. The van der Waals surface area contributed by atoms with Gasteiger partial charge in [-0.05, 0) is 42.2 Å². The second-order valence-corrected chi connectivity index (χ2v) is 8.38. The third kappa shape index (κ3) is 4.62. The zero-order valence-corrected chi connectivity index (χ0v) is 17.4. The predicted octanol–water partition coefficient (Wildman–Crippen LogP) is 4.71. The Labute approximate surface area is 170 Å². The number of amidine groups is 1. The molecule has 1 N–H and O–H groups in total. The number of rotatable bonds is 5. The largest absolute Gasteiger partial charge is 0.326 e. The van der Waals surface area contributed by atoms with Crippen molar-refractivity contribution in [1.29, 1.82) is 0 Å². The number of thioether (sulfide) groups is 1. The molecule has 6 heteroatoms. The molecular formula is C22H25N3O2S. The molecule has 0 aromatic heterocycles. The van der Waals surface area contributed by atoms with E-state index in [1.165, 1.54) is 22.2 Å². The molecular weight excluding hydrogens is 370 g/mol. The highest BCUT2D eigenvalue weighted by Crippen LogP contribution is 2.31. The normalized spacial score (nSPS) is 18.2. The minimum atomic E-state index is -0.456. The van der Waals surface area contributed by atoms with E-state index in [-0.39, 0.29) is 18.2 Å². The van der Waals surface area contributed by atoms with Gasteiger partial charge in [-0.15, -0.1) is 0 Å². The van der Waals surface area contributed by atoms with Crippen LogP contribution in [0.3, 0.4) is 0 Å². The standard InChI is InChI=1S/C22H25N3O2S/c1-14(2)16-9-11-17(12-10-16)23-22-25(4)21(27)19(28-22)13-20(26)24-18-8-6-5-7-15(18)3/h5-12,14,19H,13H2,1-4H3,(H,24,26)/t19-/m1/s1. The molecule has 0 unspecified atom stereocenters. The maximum Gasteiger partial charge on any atom is 0.242 e. The molecule has 2 aromatic rings. The SMILES string of the molecule is Cc1ccccc1NC(=O)C[C@H]1SC(=Nc2ccc(C(C)C)cc2)N(C)C1=O. The summed E-state index contributed by atoms with van der Waals surface area (Å²) in [6, 6.07) is 15.6. The van der Waals surface area contributed by atoms with Crippen LogP contribution in [0.2, 0.25) is 0 Å². The average molecular weight is 396 g/mol. The summed E-state index contributed by atoms with van der Waals surface area (Å²) < 4.78 is 0. The second kappa shape index (κ2) is 8.61. The molecule has 0 radical (unpaired) electrons. The number of aliphatic imine (C=N–C) groups is 1. The van der Waals surface area contributed by atoms with Gasteiger partial charge in [0, 0.05) is 19.2 Å². The maximum absolute atomic E-state index is 12.5. The summed E-state index contributed by atoms with van der Waals surface area (Å²) in [6.45, 7) is 6.23. The molecule has 0 aliphatic carbocycles. The van der Waals surface area contributed by atoms with Crippen LogP contribution in [0, 0.1) is 6.92 Å². The lowest BCUT2D eigenvalue weighted by atomic mass is 10.0. The Balaban J connectivity index is 1.67. The first-order valence-corrected chi connectivity index (χ1v) is 10.2. The molecule has 0 bridgehead atoms. The van der Waals surface area contributed by atoms with E-state index in [9.17, 15) is 9.59 Å². The van der Waals surface area contributed by atoms with E-state index in [1.54, 1.807) is 7.05 Å². The first-order valence-electron chi connectivity index (χ1n) is 9.33. The van der Waals surface area contributed by atoms with Crippen LogP contribution in [0.15, 0.2) is 53.5 Å². The zero-order chi connectivity index (χ0) is 20.3. The third-order valence-corrected chi connectivity index (χ3v) is 5.94. The summed E-state index contributed by atoms with van der Waals surface area (Å²) in [7, 11) is 1.70. The molecule has 1 atom stereocenters. The average Bonchev–Trinajstić information content (AvgIpc) is 2.92. The van der Waals surface area contributed by atoms with Gasteiger partial charge in [0.25, 0.3) is 0 Å². The van der Waals surface area contributed by atoms with Crippen LogP contribution in [0.25, 0.3) is 0 Å². The molecule has 1 saturated heterocycles. The summed E-state index contributed by atoms with van der Waals surface area (Å²) >= 11 is 1.34. The van der Waals surface area contributed by atoms with Gasteiger partial charge in [-0.3, -0.25) is 14.5 Å². The van der Waals surface area contributed by atoms with Crippen molar-refractivity contribution < 1.29 is 9.59 Å². The number of hydrogen-bond donors (Lipinski definition) is 1. The molecule has 28 heavy (non-hydrogen) atoms. The smallest absolute Gasteiger partial charge is 0.242 e. The van der Waals surface area contributed by atoms with Crippen LogP contribution in [0.4, 0.5) is 11.4 Å². The number of hydrogen-bond acceptors (Lipinski definition) is 4. The van der Waals surface area contributed by atoms with Crippen LogP contribution in [-0.2, 0) is 9.59 Å². The van der Waals surface area contributed by atoms with Gasteiger partial charge in [0.1, 0.15) is 5.25 Å². The Morgan fingerprint density at radius 2 is 1.86 bits per heavy atom. The fourth-order valence-electron chi connectivity index (χ4n) is 2.92. The van der Waals surface area contributed by atoms with Gasteiger partial charge in [-0.1, -0.05) is 55.9 Å². The van der Waals surface area contributed by atoms with Crippen LogP contribution in [-0.4, -0.2) is 34.2 Å². The van der Waals surface area contributed by atoms with E-state index in [0.29, 0.717) is 11.1 Å². The lowest BCUT2D eigenvalue weighted by molar-refractivity contribution is -0.127. The Hall–Kier alpha value is -2.60. The number of carbonyl (C=O) groups excluding carboxylic acids is 2. The van der Waals surface area contributed by atoms with Gasteiger partial charge < -0.3 is 5.32 Å². The van der Waals surface area contributed by atoms with Gasteiger partial charge in [0.05, 0.1) is 5.69 Å². The Bertz CT molecular complexity index is 906. The number of nitrogens with zero attached hydrogens (tertiary/aromatic N) is 2. The van der Waals surface area contributed by atoms with Gasteiger partial charge >= 0.3 is 0 Å². The van der Waals surface area contributed by atoms with E-state index in [4.69, 9.17) is 0 Å². The minimum Gasteiger partial charge on any atom is -0.326 e. The maximum atomic E-state index is 12.5. The van der Waals surface area contributed by atoms with Crippen LogP contribution in [0.5, 0.6) is 0 Å². The second-order valence-electron chi connectivity index (χ2n) is 7.21. The Kier molecular flexibility index (Phi) is 6.19. The number of benzene rings is 2. The van der Waals surface area contributed by atoms with E-state index < -0.39 is 5.25 Å². The van der Waals surface area contributed by atoms with Gasteiger partial charge in [0.2, 0.25) is 11.8 Å². The number of carbonyl (C=O) groups is 2. The zero-order valence-electron chi connectivity index (χ0n) is 16.6. The Morgan fingerprint density at radius 3 is 2.50 bits per heavy atom. The number of amides is 2. The highest BCUT2D eigenvalue weighted by Gasteiger charge is 2.37. The molecule has 2 amide bonds. The van der Waals surface area contributed by atoms with Crippen molar-refractivity contribution in [2.45, 2.75) is 38.4 Å². The summed E-state index contributed by atoms with van der Waals surface area (Å²) in [5.74, 6) is 0.196. The molecule has 3 rings (SSSR count). The van der Waals surface area contributed by atoms with Crippen LogP contribution >= 0.6 is 11.8 Å². The van der Waals surface area contributed by atoms with Gasteiger partial charge in [-0.25, -0.2) is 4.99 Å². The molecule has 1 fully saturated rings. The number of aryl methyl sites for hydroxylation is 1. The molecule has 1 aliphatic rings. The lowest BCUT2D eigenvalue weighted by Gasteiger charge is -2.10. The topological polar surface area (TPSA) is 61.8 Å². The summed E-state index contributed by atoms with van der Waals surface area (Å²) in [6.07, 6.45) is 0.119. The molecule has 146 valence electrons. The highest BCUT2D eigenvalue weighted by molar-refractivity contribution is 8.15. The highest BCUT2D eigenvalue weighted by atomic mass is 32.2. The quantitative estimate of drug-likeness (QED) is 0.798. The summed E-state index contributed by atoms with van der Waals surface area (Å²) in [4.78, 5) is 31.1. The van der Waals surface area contributed by atoms with Crippen molar-refractivity contribution in [2.24, 2.45) is 4.99 Å². The fourth-order valence-corrected chi connectivity index (χ4v) is 4.08. The number of nitrogens with one attached hydrogen (secondary N) is 1. The van der Waals surface area contributed by atoms with Crippen molar-refractivity contribution in [1.82, 2.24) is 4.90 Å². The summed E-state index contributed by atoms with van der Waals surface area (Å²) in [5, 5.41) is 3.06. The minimum absolute atomic E-state index is 0.0949. The molecule has 2 aromatic carbocycles. The molecule has 0 spiro atoms. The van der Waals surface area contributed by atoms with Crippen LogP contribution < -0.4 is 5.32 Å². The first-order chi connectivity index (χ1) is 13.3. The Morgan fingerprint density at radius 1 is 1.18 bits per heavy atom. The van der Waals surface area contributed by atoms with Gasteiger partial charge in [0.15, 0.2) is 5.17 Å². The monoisotopic (exact) mass is 395 g/mol. The predicted molar refractivity (Wildman–Crippen MR) is 116 cm³/mol. The van der Waals surface area contributed by atoms with Crippen molar-refractivity contribution in [3.05, 3.63) is 59.7 Å². The van der Waals surface area contributed by atoms with Crippen molar-refractivity contribution in [3.63, 3.8) is 0 Å². The summed E-state index contributed by atoms with van der Waals surface area (Å²) in [5.41, 5.74) is 3.82. The van der Waals surface area contributed by atoms with Crippen molar-refractivity contribution in [3.8, 4) is 0 Å². The fraction of sp³-hybridized carbons (Fsp3) is 0.318. The van der Waals surface area contributed by atoms with Crippen LogP contribution in [0.1, 0.15) is 37.3 Å². The van der Waals surface area contributed by atoms with E-state index in [2.05, 4.69) is 36.3 Å². The lowest BCUT2D eigenvalue weighted by Crippen LogP contribution is -2.30. The van der Waals surface area contributed by atoms with Crippen molar-refractivity contribution >= 4 is 40.1 Å². The first kappa shape index (κ1) is 20.1. The van der Waals surface area contributed by atoms with E-state index in [1.807, 2.05) is 43.3 Å². The molecule has 0 saturated carbocycles. The molecule has 1 heterocycles.